The Balaban J connectivity index is 1.27. The number of rotatable bonds is 10. The van der Waals surface area contributed by atoms with Crippen molar-refractivity contribution < 1.29 is 19.0 Å². The number of morpholine rings is 1. The molecule has 1 aromatic heterocycles. The van der Waals surface area contributed by atoms with E-state index in [0.717, 1.165) is 81.5 Å². The van der Waals surface area contributed by atoms with Crippen LogP contribution in [0.1, 0.15) is 34.3 Å². The van der Waals surface area contributed by atoms with E-state index in [2.05, 4.69) is 43.9 Å². The lowest BCUT2D eigenvalue weighted by Crippen LogP contribution is -2.35. The summed E-state index contributed by atoms with van der Waals surface area (Å²) in [5.41, 5.74) is 3.57. The molecule has 0 aliphatic carbocycles. The Bertz CT molecular complexity index is 1510. The summed E-state index contributed by atoms with van der Waals surface area (Å²) in [5, 5.41) is 0.940. The Hall–Kier alpha value is -2.75. The molecule has 6 nitrogen and oxygen atoms in total. The standard InChI is InChI=1S/C33H35BrN2O4S/c1-38-27-10-11-28-30(21-27)41-33(23-6-8-26(9-7-23)40-19-16-35-12-2-3-13-35)31(28)32(37)24-4-5-25(29(34)20-24)22-36-14-17-39-18-15-36/h4-11,20-21H,2-3,12-19,22H2,1H3. The molecule has 0 unspecified atom stereocenters. The summed E-state index contributed by atoms with van der Waals surface area (Å²) in [7, 11) is 1.67. The number of hydrogen-bond donors (Lipinski definition) is 0. The van der Waals surface area contributed by atoms with Crippen molar-refractivity contribution in [3.05, 3.63) is 81.8 Å². The molecule has 3 heterocycles. The molecule has 3 aromatic carbocycles. The Kier molecular flexibility index (Phi) is 9.03. The van der Waals surface area contributed by atoms with E-state index in [1.54, 1.807) is 18.4 Å². The molecular weight excluding hydrogens is 600 g/mol. The van der Waals surface area contributed by atoms with Gasteiger partial charge in [0.05, 0.1) is 20.3 Å². The first-order valence-electron chi connectivity index (χ1n) is 14.3. The highest BCUT2D eigenvalue weighted by molar-refractivity contribution is 9.10. The van der Waals surface area contributed by atoms with Crippen LogP contribution in [0.25, 0.3) is 20.5 Å². The average molecular weight is 636 g/mol. The van der Waals surface area contributed by atoms with Gasteiger partial charge in [-0.2, -0.15) is 0 Å². The highest BCUT2D eigenvalue weighted by atomic mass is 79.9. The Morgan fingerprint density at radius 1 is 0.927 bits per heavy atom. The van der Waals surface area contributed by atoms with E-state index < -0.39 is 0 Å². The number of nitrogens with zero attached hydrogens (tertiary/aromatic N) is 2. The summed E-state index contributed by atoms with van der Waals surface area (Å²) < 4.78 is 19.0. The van der Waals surface area contributed by atoms with E-state index in [-0.39, 0.29) is 5.78 Å². The zero-order chi connectivity index (χ0) is 28.2. The molecule has 2 aliphatic heterocycles. The van der Waals surface area contributed by atoms with Crippen LogP contribution in [-0.2, 0) is 11.3 Å². The minimum absolute atomic E-state index is 0.0148. The summed E-state index contributed by atoms with van der Waals surface area (Å²) in [6.45, 7) is 8.18. The van der Waals surface area contributed by atoms with Crippen LogP contribution in [0.5, 0.6) is 11.5 Å². The predicted octanol–water partition coefficient (Wildman–Crippen LogP) is 6.88. The molecule has 0 N–H and O–H groups in total. The van der Waals surface area contributed by atoms with Crippen LogP contribution in [0.3, 0.4) is 0 Å². The molecule has 0 saturated carbocycles. The molecule has 0 atom stereocenters. The van der Waals surface area contributed by atoms with Crippen molar-refractivity contribution in [3.63, 3.8) is 0 Å². The predicted molar refractivity (Wildman–Crippen MR) is 169 cm³/mol. The molecule has 2 saturated heterocycles. The van der Waals surface area contributed by atoms with Crippen molar-refractivity contribution in [3.8, 4) is 21.9 Å². The first kappa shape index (κ1) is 28.4. The second-order valence-electron chi connectivity index (χ2n) is 10.6. The van der Waals surface area contributed by atoms with Crippen molar-refractivity contribution in [2.24, 2.45) is 0 Å². The third-order valence-electron chi connectivity index (χ3n) is 7.93. The molecule has 0 radical (unpaired) electrons. The fourth-order valence-electron chi connectivity index (χ4n) is 5.60. The number of carbonyl (C=O) groups excluding carboxylic acids is 1. The quantitative estimate of drug-likeness (QED) is 0.177. The van der Waals surface area contributed by atoms with Gasteiger partial charge in [-0.25, -0.2) is 0 Å². The zero-order valence-electron chi connectivity index (χ0n) is 23.4. The Labute approximate surface area is 253 Å². The third-order valence-corrected chi connectivity index (χ3v) is 9.87. The average Bonchev–Trinajstić information content (AvgIpc) is 3.66. The summed E-state index contributed by atoms with van der Waals surface area (Å²) in [6, 6.07) is 20.1. The molecule has 2 aliphatic rings. The van der Waals surface area contributed by atoms with E-state index in [1.165, 1.54) is 31.5 Å². The molecule has 2 fully saturated rings. The fourth-order valence-corrected chi connectivity index (χ4v) is 7.33. The van der Waals surface area contributed by atoms with E-state index >= 15 is 0 Å². The maximum atomic E-state index is 14.2. The minimum atomic E-state index is 0.0148. The SMILES string of the molecule is COc1ccc2c(C(=O)c3ccc(CN4CCOCC4)c(Br)c3)c(-c3ccc(OCCN4CCCC4)cc3)sc2c1. The van der Waals surface area contributed by atoms with E-state index in [1.807, 2.05) is 42.5 Å². The van der Waals surface area contributed by atoms with Gasteiger partial charge in [0.2, 0.25) is 0 Å². The number of likely N-dealkylation sites (tertiary alicyclic amines) is 1. The number of methoxy groups -OCH3 is 1. The van der Waals surface area contributed by atoms with Crippen molar-refractivity contribution >= 4 is 43.1 Å². The normalized spacial score (nSPS) is 16.3. The van der Waals surface area contributed by atoms with Gasteiger partial charge in [-0.3, -0.25) is 14.6 Å². The number of halogens is 1. The summed E-state index contributed by atoms with van der Waals surface area (Å²) in [6.07, 6.45) is 2.57. The van der Waals surface area contributed by atoms with Crippen molar-refractivity contribution in [2.75, 3.05) is 59.7 Å². The van der Waals surface area contributed by atoms with Crippen LogP contribution < -0.4 is 9.47 Å². The van der Waals surface area contributed by atoms with Gasteiger partial charge in [0, 0.05) is 56.7 Å². The van der Waals surface area contributed by atoms with Gasteiger partial charge in [0.1, 0.15) is 18.1 Å². The molecular formula is C33H35BrN2O4S. The van der Waals surface area contributed by atoms with Gasteiger partial charge in [-0.05, 0) is 85.6 Å². The van der Waals surface area contributed by atoms with Gasteiger partial charge in [-0.15, -0.1) is 11.3 Å². The third kappa shape index (κ3) is 6.52. The second-order valence-corrected chi connectivity index (χ2v) is 12.5. The first-order valence-corrected chi connectivity index (χ1v) is 15.9. The van der Waals surface area contributed by atoms with Crippen LogP contribution in [0.2, 0.25) is 0 Å². The summed E-state index contributed by atoms with van der Waals surface area (Å²) >= 11 is 5.37. The number of fused-ring (bicyclic) bond motifs is 1. The minimum Gasteiger partial charge on any atom is -0.497 e. The molecule has 41 heavy (non-hydrogen) atoms. The van der Waals surface area contributed by atoms with Crippen LogP contribution >= 0.6 is 27.3 Å². The Morgan fingerprint density at radius 2 is 1.68 bits per heavy atom. The molecule has 0 spiro atoms. The smallest absolute Gasteiger partial charge is 0.195 e. The molecule has 0 bridgehead atoms. The van der Waals surface area contributed by atoms with Crippen LogP contribution in [0.4, 0.5) is 0 Å². The number of ether oxygens (including phenoxy) is 3. The first-order chi connectivity index (χ1) is 20.1. The molecule has 214 valence electrons. The lowest BCUT2D eigenvalue weighted by atomic mass is 9.97. The van der Waals surface area contributed by atoms with Gasteiger partial charge in [0.25, 0.3) is 0 Å². The highest BCUT2D eigenvalue weighted by Crippen LogP contribution is 2.42. The maximum Gasteiger partial charge on any atom is 0.195 e. The highest BCUT2D eigenvalue weighted by Gasteiger charge is 2.23. The molecule has 4 aromatic rings. The fraction of sp³-hybridized carbons (Fsp3) is 0.364. The van der Waals surface area contributed by atoms with E-state index in [9.17, 15) is 4.79 Å². The molecule has 8 heteroatoms. The number of hydrogen-bond acceptors (Lipinski definition) is 7. The second kappa shape index (κ2) is 13.0. The lowest BCUT2D eigenvalue weighted by molar-refractivity contribution is 0.0341. The van der Waals surface area contributed by atoms with Crippen LogP contribution in [-0.4, -0.2) is 75.2 Å². The molecule has 0 amide bonds. The van der Waals surface area contributed by atoms with Crippen molar-refractivity contribution in [2.45, 2.75) is 19.4 Å². The largest absolute Gasteiger partial charge is 0.497 e. The van der Waals surface area contributed by atoms with Crippen molar-refractivity contribution in [1.82, 2.24) is 9.80 Å². The number of benzene rings is 3. The number of thiophene rings is 1. The summed E-state index contributed by atoms with van der Waals surface area (Å²) in [4.78, 5) is 19.9. The molecule has 6 rings (SSSR count). The maximum absolute atomic E-state index is 14.2. The zero-order valence-corrected chi connectivity index (χ0v) is 25.8. The van der Waals surface area contributed by atoms with Gasteiger partial charge in [0.15, 0.2) is 5.78 Å². The topological polar surface area (TPSA) is 51.2 Å². The van der Waals surface area contributed by atoms with Crippen molar-refractivity contribution in [1.29, 1.82) is 0 Å². The van der Waals surface area contributed by atoms with Gasteiger partial charge < -0.3 is 14.2 Å². The monoisotopic (exact) mass is 634 g/mol. The number of ketones is 1. The van der Waals surface area contributed by atoms with Gasteiger partial charge >= 0.3 is 0 Å². The van der Waals surface area contributed by atoms with Crippen LogP contribution in [0.15, 0.2) is 65.1 Å². The Morgan fingerprint density at radius 3 is 2.41 bits per heavy atom. The number of carbonyl (C=O) groups is 1. The summed E-state index contributed by atoms with van der Waals surface area (Å²) in [5.74, 6) is 1.64. The lowest BCUT2D eigenvalue weighted by Gasteiger charge is -2.27. The van der Waals surface area contributed by atoms with E-state index in [4.69, 9.17) is 14.2 Å². The van der Waals surface area contributed by atoms with E-state index in [0.29, 0.717) is 12.2 Å². The van der Waals surface area contributed by atoms with Gasteiger partial charge in [-0.1, -0.05) is 28.1 Å². The van der Waals surface area contributed by atoms with Crippen LogP contribution in [0, 0.1) is 0 Å².